The average molecular weight is 296 g/mol. The topological polar surface area (TPSA) is 29.3 Å². The molecule has 20 heavy (non-hydrogen) atoms. The zero-order valence-electron chi connectivity index (χ0n) is 12.9. The van der Waals surface area contributed by atoms with E-state index in [1.54, 1.807) is 6.07 Å². The summed E-state index contributed by atoms with van der Waals surface area (Å²) in [5.74, 6) is 0.938. The fraction of sp³-hybridized carbons (Fsp3) is 0.625. The van der Waals surface area contributed by atoms with Crippen LogP contribution in [0.15, 0.2) is 12.1 Å². The van der Waals surface area contributed by atoms with Crippen LogP contribution in [-0.4, -0.2) is 23.6 Å². The molecule has 0 aromatic heterocycles. The highest BCUT2D eigenvalue weighted by Crippen LogP contribution is 2.35. The molecule has 1 aliphatic heterocycles. The van der Waals surface area contributed by atoms with E-state index in [9.17, 15) is 4.39 Å². The first-order valence-electron chi connectivity index (χ1n) is 7.25. The van der Waals surface area contributed by atoms with Gasteiger partial charge in [0.2, 0.25) is 0 Å². The van der Waals surface area contributed by atoms with Crippen molar-refractivity contribution in [2.45, 2.75) is 44.9 Å². The molecule has 1 aromatic rings. The van der Waals surface area contributed by atoms with Crippen molar-refractivity contribution < 1.29 is 4.39 Å². The molecule has 0 spiro atoms. The largest absolute Gasteiger partial charge is 0.370 e. The van der Waals surface area contributed by atoms with Gasteiger partial charge in [0, 0.05) is 35.3 Å². The second-order valence-corrected chi connectivity index (χ2v) is 8.10. The van der Waals surface area contributed by atoms with Crippen molar-refractivity contribution in [3.8, 4) is 0 Å². The van der Waals surface area contributed by atoms with Crippen LogP contribution in [0.3, 0.4) is 0 Å². The number of hydrogen-bond donors (Lipinski definition) is 1. The van der Waals surface area contributed by atoms with E-state index in [0.29, 0.717) is 10.3 Å². The van der Waals surface area contributed by atoms with Gasteiger partial charge in [0.1, 0.15) is 5.82 Å². The van der Waals surface area contributed by atoms with E-state index in [2.05, 4.69) is 18.7 Å². The van der Waals surface area contributed by atoms with E-state index in [1.807, 2.05) is 31.7 Å². The first-order valence-corrected chi connectivity index (χ1v) is 8.23. The van der Waals surface area contributed by atoms with Crippen LogP contribution in [0.2, 0.25) is 0 Å². The highest BCUT2D eigenvalue weighted by atomic mass is 32.2. The monoisotopic (exact) mass is 296 g/mol. The minimum Gasteiger partial charge on any atom is -0.370 e. The number of hydrogen-bond acceptors (Lipinski definition) is 3. The number of rotatable bonds is 2. The number of aryl methyl sites for hydroxylation is 1. The number of nitrogens with zero attached hydrogens (tertiary/aromatic N) is 1. The number of anilines is 1. The summed E-state index contributed by atoms with van der Waals surface area (Å²) in [6, 6.07) is 3.42. The van der Waals surface area contributed by atoms with E-state index in [-0.39, 0.29) is 11.9 Å². The van der Waals surface area contributed by atoms with Crippen molar-refractivity contribution in [3.05, 3.63) is 29.1 Å². The molecule has 2 nitrogen and oxygen atoms in total. The number of nitrogens with two attached hydrogens (primary N) is 1. The minimum atomic E-state index is -0.162. The summed E-state index contributed by atoms with van der Waals surface area (Å²) >= 11 is 2.01. The second kappa shape index (κ2) is 5.94. The molecule has 0 amide bonds. The molecule has 2 rings (SSSR count). The van der Waals surface area contributed by atoms with Gasteiger partial charge in [0.25, 0.3) is 0 Å². The SMILES string of the molecule is Cc1cc(N2CCSC(C)(C)CC2)c([C@H](C)N)cc1F. The molecule has 1 atom stereocenters. The van der Waals surface area contributed by atoms with Gasteiger partial charge in [-0.2, -0.15) is 11.8 Å². The lowest BCUT2D eigenvalue weighted by atomic mass is 10.0. The molecule has 0 bridgehead atoms. The van der Waals surface area contributed by atoms with Crippen LogP contribution in [0, 0.1) is 12.7 Å². The van der Waals surface area contributed by atoms with Gasteiger partial charge in [0.15, 0.2) is 0 Å². The molecular weight excluding hydrogens is 271 g/mol. The average Bonchev–Trinajstić information content (AvgIpc) is 2.53. The highest BCUT2D eigenvalue weighted by Gasteiger charge is 2.25. The van der Waals surface area contributed by atoms with Crippen molar-refractivity contribution in [2.24, 2.45) is 5.73 Å². The molecule has 1 fully saturated rings. The smallest absolute Gasteiger partial charge is 0.126 e. The Morgan fingerprint density at radius 1 is 1.35 bits per heavy atom. The van der Waals surface area contributed by atoms with Crippen LogP contribution in [0.1, 0.15) is 44.4 Å². The van der Waals surface area contributed by atoms with Crippen molar-refractivity contribution in [1.29, 1.82) is 0 Å². The van der Waals surface area contributed by atoms with Gasteiger partial charge in [-0.25, -0.2) is 4.39 Å². The standard InChI is InChI=1S/C16H25FN2S/c1-11-9-15(13(12(2)18)10-14(11)17)19-6-5-16(3,4)20-8-7-19/h9-10,12H,5-8,18H2,1-4H3/t12-/m0/s1. The maximum absolute atomic E-state index is 13.8. The van der Waals surface area contributed by atoms with E-state index in [0.717, 1.165) is 36.5 Å². The molecule has 1 saturated heterocycles. The normalized spacial score (nSPS) is 20.6. The Bertz CT molecular complexity index is 486. The lowest BCUT2D eigenvalue weighted by molar-refractivity contribution is 0.609. The molecule has 0 unspecified atom stereocenters. The molecule has 1 aromatic carbocycles. The number of benzene rings is 1. The summed E-state index contributed by atoms with van der Waals surface area (Å²) in [5.41, 5.74) is 8.75. The second-order valence-electron chi connectivity index (χ2n) is 6.29. The first kappa shape index (κ1) is 15.6. The summed E-state index contributed by atoms with van der Waals surface area (Å²) in [5, 5.41) is 0. The Labute approximate surface area is 125 Å². The molecule has 4 heteroatoms. The summed E-state index contributed by atoms with van der Waals surface area (Å²) in [6.45, 7) is 10.3. The van der Waals surface area contributed by atoms with E-state index in [1.165, 1.54) is 0 Å². The number of thioether (sulfide) groups is 1. The fourth-order valence-corrected chi connectivity index (χ4v) is 3.68. The van der Waals surface area contributed by atoms with Crippen LogP contribution in [-0.2, 0) is 0 Å². The van der Waals surface area contributed by atoms with Gasteiger partial charge in [-0.3, -0.25) is 0 Å². The molecular formula is C16H25FN2S. The predicted octanol–water partition coefficient (Wildman–Crippen LogP) is 3.88. The van der Waals surface area contributed by atoms with Crippen LogP contribution < -0.4 is 10.6 Å². The van der Waals surface area contributed by atoms with Gasteiger partial charge in [-0.1, -0.05) is 13.8 Å². The van der Waals surface area contributed by atoms with Gasteiger partial charge in [-0.15, -0.1) is 0 Å². The molecule has 0 aliphatic carbocycles. The highest BCUT2D eigenvalue weighted by molar-refractivity contribution is 8.00. The number of halogens is 1. The summed E-state index contributed by atoms with van der Waals surface area (Å²) < 4.78 is 14.1. The van der Waals surface area contributed by atoms with Crippen molar-refractivity contribution in [1.82, 2.24) is 0 Å². The van der Waals surface area contributed by atoms with Crippen molar-refractivity contribution >= 4 is 17.4 Å². The Morgan fingerprint density at radius 2 is 2.05 bits per heavy atom. The van der Waals surface area contributed by atoms with E-state index >= 15 is 0 Å². The van der Waals surface area contributed by atoms with Crippen molar-refractivity contribution in [3.63, 3.8) is 0 Å². The van der Waals surface area contributed by atoms with Crippen LogP contribution >= 0.6 is 11.8 Å². The third-order valence-electron chi connectivity index (χ3n) is 3.98. The zero-order chi connectivity index (χ0) is 14.9. The quantitative estimate of drug-likeness (QED) is 0.898. The molecule has 0 saturated carbocycles. The lowest BCUT2D eigenvalue weighted by Crippen LogP contribution is -2.29. The Hall–Kier alpha value is -0.740. The van der Waals surface area contributed by atoms with E-state index in [4.69, 9.17) is 5.73 Å². The first-order chi connectivity index (χ1) is 9.30. The Balaban J connectivity index is 2.34. The van der Waals surface area contributed by atoms with Crippen LogP contribution in [0.25, 0.3) is 0 Å². The van der Waals surface area contributed by atoms with E-state index < -0.39 is 0 Å². The molecule has 1 heterocycles. The zero-order valence-corrected chi connectivity index (χ0v) is 13.7. The van der Waals surface area contributed by atoms with Gasteiger partial charge >= 0.3 is 0 Å². The minimum absolute atomic E-state index is 0.149. The lowest BCUT2D eigenvalue weighted by Gasteiger charge is -2.28. The van der Waals surface area contributed by atoms with Crippen molar-refractivity contribution in [2.75, 3.05) is 23.7 Å². The van der Waals surface area contributed by atoms with Crippen LogP contribution in [0.4, 0.5) is 10.1 Å². The van der Waals surface area contributed by atoms with Crippen LogP contribution in [0.5, 0.6) is 0 Å². The molecule has 2 N–H and O–H groups in total. The molecule has 112 valence electrons. The van der Waals surface area contributed by atoms with Gasteiger partial charge in [-0.05, 0) is 43.5 Å². The molecule has 1 aliphatic rings. The maximum Gasteiger partial charge on any atom is 0.126 e. The fourth-order valence-electron chi connectivity index (χ4n) is 2.58. The third-order valence-corrected chi connectivity index (χ3v) is 5.35. The summed E-state index contributed by atoms with van der Waals surface area (Å²) in [7, 11) is 0. The maximum atomic E-state index is 13.8. The third kappa shape index (κ3) is 3.47. The predicted molar refractivity (Wildman–Crippen MR) is 87.1 cm³/mol. The van der Waals surface area contributed by atoms with Gasteiger partial charge < -0.3 is 10.6 Å². The van der Waals surface area contributed by atoms with Gasteiger partial charge in [0.05, 0.1) is 0 Å². The summed E-state index contributed by atoms with van der Waals surface area (Å²) in [4.78, 5) is 2.37. The summed E-state index contributed by atoms with van der Waals surface area (Å²) in [6.07, 6.45) is 1.13. The Morgan fingerprint density at radius 3 is 2.70 bits per heavy atom. The Kier molecular flexibility index (Phi) is 4.65. The molecule has 0 radical (unpaired) electrons.